The Kier molecular flexibility index (Phi) is 5.09. The van der Waals surface area contributed by atoms with Gasteiger partial charge in [-0.3, -0.25) is 0 Å². The van der Waals surface area contributed by atoms with Crippen LogP contribution in [0.2, 0.25) is 10.0 Å². The minimum absolute atomic E-state index is 0.304. The van der Waals surface area contributed by atoms with E-state index in [-0.39, 0.29) is 6.10 Å². The highest BCUT2D eigenvalue weighted by atomic mass is 35.5. The van der Waals surface area contributed by atoms with Crippen molar-refractivity contribution < 1.29 is 4.74 Å². The molecule has 0 saturated carbocycles. The molecule has 0 saturated heterocycles. The van der Waals surface area contributed by atoms with Gasteiger partial charge in [-0.05, 0) is 36.4 Å². The molecule has 4 aromatic rings. The van der Waals surface area contributed by atoms with Gasteiger partial charge >= 0.3 is 0 Å². The third-order valence-electron chi connectivity index (χ3n) is 4.04. The first kappa shape index (κ1) is 17.6. The SMILES string of the molecule is Clc1ccc(C(Cn2ccnc2)Oc2ccc(-n3cncn3)cc2)c(Cl)c1. The Morgan fingerprint density at radius 2 is 1.85 bits per heavy atom. The van der Waals surface area contributed by atoms with Gasteiger partial charge in [0, 0.05) is 28.0 Å². The van der Waals surface area contributed by atoms with Crippen LogP contribution in [0.25, 0.3) is 5.69 Å². The van der Waals surface area contributed by atoms with Gasteiger partial charge in [-0.1, -0.05) is 29.3 Å². The van der Waals surface area contributed by atoms with Gasteiger partial charge in [0.2, 0.25) is 0 Å². The Balaban J connectivity index is 1.60. The van der Waals surface area contributed by atoms with Crippen molar-refractivity contribution in [1.82, 2.24) is 24.3 Å². The summed E-state index contributed by atoms with van der Waals surface area (Å²) in [5.41, 5.74) is 1.76. The maximum Gasteiger partial charge on any atom is 0.143 e. The quantitative estimate of drug-likeness (QED) is 0.475. The van der Waals surface area contributed by atoms with E-state index in [1.54, 1.807) is 35.7 Å². The van der Waals surface area contributed by atoms with Crippen molar-refractivity contribution in [3.8, 4) is 11.4 Å². The smallest absolute Gasteiger partial charge is 0.143 e. The average molecular weight is 400 g/mol. The first-order chi connectivity index (χ1) is 13.2. The number of nitrogens with zero attached hydrogens (tertiary/aromatic N) is 5. The van der Waals surface area contributed by atoms with E-state index < -0.39 is 0 Å². The van der Waals surface area contributed by atoms with Crippen molar-refractivity contribution in [2.75, 3.05) is 0 Å². The highest BCUT2D eigenvalue weighted by Gasteiger charge is 2.18. The van der Waals surface area contributed by atoms with Gasteiger partial charge in [-0.15, -0.1) is 0 Å². The molecular weight excluding hydrogens is 385 g/mol. The second-order valence-corrected chi connectivity index (χ2v) is 6.71. The van der Waals surface area contributed by atoms with Gasteiger partial charge in [-0.25, -0.2) is 14.6 Å². The lowest BCUT2D eigenvalue weighted by atomic mass is 10.1. The molecule has 0 spiro atoms. The van der Waals surface area contributed by atoms with Crippen molar-refractivity contribution >= 4 is 23.2 Å². The largest absolute Gasteiger partial charge is 0.484 e. The van der Waals surface area contributed by atoms with E-state index in [1.807, 2.05) is 41.1 Å². The fourth-order valence-corrected chi connectivity index (χ4v) is 3.26. The number of rotatable bonds is 6. The molecule has 0 radical (unpaired) electrons. The maximum absolute atomic E-state index is 6.42. The zero-order chi connectivity index (χ0) is 18.6. The molecule has 1 unspecified atom stereocenters. The van der Waals surface area contributed by atoms with Crippen molar-refractivity contribution in [2.24, 2.45) is 0 Å². The molecule has 0 fully saturated rings. The fourth-order valence-electron chi connectivity index (χ4n) is 2.73. The zero-order valence-corrected chi connectivity index (χ0v) is 15.6. The van der Waals surface area contributed by atoms with Gasteiger partial charge < -0.3 is 9.30 Å². The molecule has 27 heavy (non-hydrogen) atoms. The predicted molar refractivity (Wildman–Crippen MR) is 103 cm³/mol. The summed E-state index contributed by atoms with van der Waals surface area (Å²) in [5.74, 6) is 0.718. The number of halogens is 2. The zero-order valence-electron chi connectivity index (χ0n) is 14.1. The summed E-state index contributed by atoms with van der Waals surface area (Å²) in [4.78, 5) is 8.04. The maximum atomic E-state index is 6.42. The Bertz CT molecular complexity index is 1000. The van der Waals surface area contributed by atoms with Crippen LogP contribution in [0.15, 0.2) is 73.8 Å². The van der Waals surface area contributed by atoms with Crippen LogP contribution in [0, 0.1) is 0 Å². The van der Waals surface area contributed by atoms with Crippen LogP contribution in [-0.4, -0.2) is 24.3 Å². The number of aromatic nitrogens is 5. The summed E-state index contributed by atoms with van der Waals surface area (Å²) in [5, 5.41) is 5.27. The second-order valence-electron chi connectivity index (χ2n) is 5.87. The molecule has 0 bridgehead atoms. The van der Waals surface area contributed by atoms with Crippen LogP contribution in [0.4, 0.5) is 0 Å². The summed E-state index contributed by atoms with van der Waals surface area (Å²) < 4.78 is 9.87. The molecule has 2 aromatic heterocycles. The van der Waals surface area contributed by atoms with E-state index >= 15 is 0 Å². The molecule has 0 N–H and O–H groups in total. The minimum Gasteiger partial charge on any atom is -0.484 e. The third-order valence-corrected chi connectivity index (χ3v) is 4.61. The minimum atomic E-state index is -0.304. The number of hydrogen-bond donors (Lipinski definition) is 0. The normalized spacial score (nSPS) is 12.1. The summed E-state index contributed by atoms with van der Waals surface area (Å²) in [7, 11) is 0. The molecule has 2 aromatic carbocycles. The molecule has 1 atom stereocenters. The van der Waals surface area contributed by atoms with Crippen molar-refractivity contribution in [1.29, 1.82) is 0 Å². The Labute approximate surface area is 166 Å². The van der Waals surface area contributed by atoms with Gasteiger partial charge in [0.15, 0.2) is 0 Å². The molecule has 0 amide bonds. The molecule has 0 aliphatic rings. The summed E-state index contributed by atoms with van der Waals surface area (Å²) >= 11 is 12.5. The summed E-state index contributed by atoms with van der Waals surface area (Å²) in [6.45, 7) is 0.562. The molecule has 6 nitrogen and oxygen atoms in total. The third kappa shape index (κ3) is 4.13. The standard InChI is InChI=1S/C19H15Cl2N5O/c20-14-1-6-17(18(21)9-14)19(10-25-8-7-22-12-25)27-16-4-2-15(3-5-16)26-13-23-11-24-26/h1-9,11-13,19H,10H2. The Hall–Kier alpha value is -2.83. The molecule has 2 heterocycles. The van der Waals surface area contributed by atoms with Crippen LogP contribution < -0.4 is 4.74 Å². The van der Waals surface area contributed by atoms with Crippen LogP contribution in [0.5, 0.6) is 5.75 Å². The fraction of sp³-hybridized carbons (Fsp3) is 0.105. The molecular formula is C19H15Cl2N5O. The topological polar surface area (TPSA) is 57.8 Å². The van der Waals surface area contributed by atoms with Crippen molar-refractivity contribution in [3.63, 3.8) is 0 Å². The monoisotopic (exact) mass is 399 g/mol. The highest BCUT2D eigenvalue weighted by Crippen LogP contribution is 2.31. The number of imidazole rings is 1. The van der Waals surface area contributed by atoms with Crippen LogP contribution in [0.3, 0.4) is 0 Å². The van der Waals surface area contributed by atoms with E-state index in [0.717, 1.165) is 17.0 Å². The average Bonchev–Trinajstić information content (AvgIpc) is 3.36. The number of hydrogen-bond acceptors (Lipinski definition) is 4. The summed E-state index contributed by atoms with van der Waals surface area (Å²) in [6, 6.07) is 13.0. The van der Waals surface area contributed by atoms with E-state index in [0.29, 0.717) is 16.6 Å². The van der Waals surface area contributed by atoms with Crippen LogP contribution in [-0.2, 0) is 6.54 Å². The van der Waals surface area contributed by atoms with Gasteiger partial charge in [0.05, 0.1) is 18.6 Å². The van der Waals surface area contributed by atoms with Gasteiger partial charge in [0.25, 0.3) is 0 Å². The van der Waals surface area contributed by atoms with Crippen LogP contribution >= 0.6 is 23.2 Å². The Morgan fingerprint density at radius 1 is 1.00 bits per heavy atom. The molecule has 0 aliphatic carbocycles. The first-order valence-corrected chi connectivity index (χ1v) is 8.97. The predicted octanol–water partition coefficient (Wildman–Crippen LogP) is 4.59. The molecule has 0 aliphatic heterocycles. The van der Waals surface area contributed by atoms with Gasteiger partial charge in [-0.2, -0.15) is 5.10 Å². The van der Waals surface area contributed by atoms with E-state index in [1.165, 1.54) is 6.33 Å². The lowest BCUT2D eigenvalue weighted by molar-refractivity contribution is 0.183. The Morgan fingerprint density at radius 3 is 2.52 bits per heavy atom. The first-order valence-electron chi connectivity index (χ1n) is 8.21. The molecule has 136 valence electrons. The molecule has 4 rings (SSSR count). The van der Waals surface area contributed by atoms with Crippen molar-refractivity contribution in [3.05, 3.63) is 89.4 Å². The van der Waals surface area contributed by atoms with Gasteiger partial charge in [0.1, 0.15) is 24.5 Å². The van der Waals surface area contributed by atoms with Crippen molar-refractivity contribution in [2.45, 2.75) is 12.6 Å². The highest BCUT2D eigenvalue weighted by molar-refractivity contribution is 6.35. The second kappa shape index (κ2) is 7.82. The number of benzene rings is 2. The van der Waals surface area contributed by atoms with E-state index in [4.69, 9.17) is 27.9 Å². The lowest BCUT2D eigenvalue weighted by Crippen LogP contribution is -2.15. The molecule has 8 heteroatoms. The van der Waals surface area contributed by atoms with Crippen LogP contribution in [0.1, 0.15) is 11.7 Å². The van der Waals surface area contributed by atoms with E-state index in [9.17, 15) is 0 Å². The van der Waals surface area contributed by atoms with E-state index in [2.05, 4.69) is 15.1 Å². The number of ether oxygens (including phenoxy) is 1. The summed E-state index contributed by atoms with van der Waals surface area (Å²) in [6.07, 6.45) is 8.19. The lowest BCUT2D eigenvalue weighted by Gasteiger charge is -2.21.